The summed E-state index contributed by atoms with van der Waals surface area (Å²) < 4.78 is 0. The average Bonchev–Trinajstić information content (AvgIpc) is 2.86. The fraction of sp³-hybridized carbons (Fsp3) is 1.00. The van der Waals surface area contributed by atoms with E-state index in [4.69, 9.17) is 0 Å². The third-order valence-electron chi connectivity index (χ3n) is 5.02. The van der Waals surface area contributed by atoms with E-state index in [0.29, 0.717) is 6.04 Å². The number of hydrogen-bond acceptors (Lipinski definition) is 3. The van der Waals surface area contributed by atoms with Gasteiger partial charge in [-0.3, -0.25) is 0 Å². The maximum atomic E-state index is 3.96. The van der Waals surface area contributed by atoms with Gasteiger partial charge in [0.25, 0.3) is 0 Å². The van der Waals surface area contributed by atoms with Crippen molar-refractivity contribution in [3.8, 4) is 0 Å². The number of likely N-dealkylation sites (tertiary alicyclic amines) is 1. The van der Waals surface area contributed by atoms with Crippen LogP contribution in [0, 0.1) is 5.92 Å². The van der Waals surface area contributed by atoms with E-state index in [1.807, 2.05) is 0 Å². The van der Waals surface area contributed by atoms with Gasteiger partial charge in [-0.15, -0.1) is 0 Å². The molecule has 2 rings (SSSR count). The molecule has 0 aromatic rings. The molecule has 1 saturated heterocycles. The molecule has 0 amide bonds. The van der Waals surface area contributed by atoms with Gasteiger partial charge in [-0.2, -0.15) is 11.8 Å². The Balaban J connectivity index is 1.80. The Hall–Kier alpha value is 0.270. The summed E-state index contributed by atoms with van der Waals surface area (Å²) >= 11 is 2.06. The number of nitrogens with zero attached hydrogens (tertiary/aromatic N) is 1. The van der Waals surface area contributed by atoms with Crippen molar-refractivity contribution in [3.63, 3.8) is 0 Å². The first-order valence-electron chi connectivity index (χ1n) is 8.25. The quantitative estimate of drug-likeness (QED) is 0.805. The van der Waals surface area contributed by atoms with Gasteiger partial charge in [-0.05, 0) is 64.3 Å². The Morgan fingerprint density at radius 2 is 2.11 bits per heavy atom. The molecule has 2 aliphatic rings. The van der Waals surface area contributed by atoms with Gasteiger partial charge in [0.1, 0.15) is 0 Å². The molecule has 0 radical (unpaired) electrons. The standard InChI is InChI=1S/C16H32N2S/c1-4-10-18-11-6-7-14(12-18)13(2)17-15-8-5-9-16(15)19-3/h13-17H,4-12H2,1-3H3. The lowest BCUT2D eigenvalue weighted by Gasteiger charge is -2.37. The van der Waals surface area contributed by atoms with Crippen LogP contribution in [-0.2, 0) is 0 Å². The van der Waals surface area contributed by atoms with Crippen molar-refractivity contribution >= 4 is 11.8 Å². The van der Waals surface area contributed by atoms with Gasteiger partial charge >= 0.3 is 0 Å². The van der Waals surface area contributed by atoms with E-state index in [0.717, 1.165) is 17.2 Å². The Morgan fingerprint density at radius 3 is 2.84 bits per heavy atom. The van der Waals surface area contributed by atoms with Gasteiger partial charge < -0.3 is 10.2 Å². The van der Waals surface area contributed by atoms with Crippen LogP contribution in [0.4, 0.5) is 0 Å². The largest absolute Gasteiger partial charge is 0.310 e. The molecule has 0 aromatic heterocycles. The van der Waals surface area contributed by atoms with Crippen LogP contribution in [0.3, 0.4) is 0 Å². The smallest absolute Gasteiger partial charge is 0.0198 e. The summed E-state index contributed by atoms with van der Waals surface area (Å²) in [6.45, 7) is 8.66. The number of hydrogen-bond donors (Lipinski definition) is 1. The molecule has 19 heavy (non-hydrogen) atoms. The molecule has 0 aromatic carbocycles. The lowest BCUT2D eigenvalue weighted by molar-refractivity contribution is 0.147. The topological polar surface area (TPSA) is 15.3 Å². The van der Waals surface area contributed by atoms with E-state index in [1.54, 1.807) is 0 Å². The minimum absolute atomic E-state index is 0.692. The Labute approximate surface area is 124 Å². The minimum atomic E-state index is 0.692. The van der Waals surface area contributed by atoms with E-state index in [-0.39, 0.29) is 0 Å². The SMILES string of the molecule is CCCN1CCCC(C(C)NC2CCCC2SC)C1. The summed E-state index contributed by atoms with van der Waals surface area (Å²) in [7, 11) is 0. The molecule has 1 saturated carbocycles. The molecule has 1 heterocycles. The van der Waals surface area contributed by atoms with Gasteiger partial charge in [0.15, 0.2) is 0 Å². The van der Waals surface area contributed by atoms with Crippen LogP contribution < -0.4 is 5.32 Å². The van der Waals surface area contributed by atoms with Gasteiger partial charge in [-0.1, -0.05) is 13.3 Å². The predicted octanol–water partition coefficient (Wildman–Crippen LogP) is 3.37. The lowest BCUT2D eigenvalue weighted by Crippen LogP contribution is -2.49. The summed E-state index contributed by atoms with van der Waals surface area (Å²) in [4.78, 5) is 2.67. The van der Waals surface area contributed by atoms with Crippen LogP contribution >= 0.6 is 11.8 Å². The molecular weight excluding hydrogens is 252 g/mol. The molecule has 112 valence electrons. The zero-order valence-electron chi connectivity index (χ0n) is 13.0. The molecule has 4 unspecified atom stereocenters. The number of thioether (sulfide) groups is 1. The Kier molecular flexibility index (Phi) is 6.51. The van der Waals surface area contributed by atoms with Gasteiger partial charge in [0.05, 0.1) is 0 Å². The van der Waals surface area contributed by atoms with E-state index in [9.17, 15) is 0 Å². The molecule has 4 atom stereocenters. The maximum Gasteiger partial charge on any atom is 0.0198 e. The Morgan fingerprint density at radius 1 is 1.26 bits per heavy atom. The number of nitrogens with one attached hydrogen (secondary N) is 1. The van der Waals surface area contributed by atoms with Crippen molar-refractivity contribution < 1.29 is 0 Å². The summed E-state index contributed by atoms with van der Waals surface area (Å²) in [6.07, 6.45) is 10.6. The average molecular weight is 285 g/mol. The van der Waals surface area contributed by atoms with Crippen molar-refractivity contribution in [2.45, 2.75) is 69.7 Å². The fourth-order valence-electron chi connectivity index (χ4n) is 3.89. The van der Waals surface area contributed by atoms with Crippen molar-refractivity contribution in [3.05, 3.63) is 0 Å². The number of piperidine rings is 1. The first-order valence-corrected chi connectivity index (χ1v) is 9.54. The lowest BCUT2D eigenvalue weighted by atomic mass is 9.91. The van der Waals surface area contributed by atoms with Crippen LogP contribution in [0.5, 0.6) is 0 Å². The highest BCUT2D eigenvalue weighted by molar-refractivity contribution is 7.99. The van der Waals surface area contributed by atoms with Gasteiger partial charge in [-0.25, -0.2) is 0 Å². The molecule has 3 heteroatoms. The summed E-state index contributed by atoms with van der Waals surface area (Å²) in [5, 5.41) is 4.82. The molecule has 2 fully saturated rings. The normalized spacial score (nSPS) is 34.6. The summed E-state index contributed by atoms with van der Waals surface area (Å²) in [6, 6.07) is 1.46. The van der Waals surface area contributed by atoms with Crippen molar-refractivity contribution in [2.75, 3.05) is 25.9 Å². The van der Waals surface area contributed by atoms with Gasteiger partial charge in [0, 0.05) is 23.9 Å². The van der Waals surface area contributed by atoms with E-state index < -0.39 is 0 Å². The summed E-state index contributed by atoms with van der Waals surface area (Å²) in [5.74, 6) is 0.864. The van der Waals surface area contributed by atoms with E-state index >= 15 is 0 Å². The van der Waals surface area contributed by atoms with Gasteiger partial charge in [0.2, 0.25) is 0 Å². The number of rotatable bonds is 6. The highest BCUT2D eigenvalue weighted by atomic mass is 32.2. The van der Waals surface area contributed by atoms with E-state index in [2.05, 4.69) is 42.1 Å². The highest BCUT2D eigenvalue weighted by Crippen LogP contribution is 2.30. The zero-order chi connectivity index (χ0) is 13.7. The Bertz CT molecular complexity index is 257. The third-order valence-corrected chi connectivity index (χ3v) is 6.19. The first-order chi connectivity index (χ1) is 9.24. The summed E-state index contributed by atoms with van der Waals surface area (Å²) in [5.41, 5.74) is 0. The van der Waals surface area contributed by atoms with Crippen molar-refractivity contribution in [2.24, 2.45) is 5.92 Å². The first kappa shape index (κ1) is 15.7. The van der Waals surface area contributed by atoms with Crippen LogP contribution in [0.15, 0.2) is 0 Å². The predicted molar refractivity (Wildman–Crippen MR) is 87.0 cm³/mol. The van der Waals surface area contributed by atoms with E-state index in [1.165, 1.54) is 58.2 Å². The maximum absolute atomic E-state index is 3.96. The highest BCUT2D eigenvalue weighted by Gasteiger charge is 2.30. The molecular formula is C16H32N2S. The zero-order valence-corrected chi connectivity index (χ0v) is 13.8. The molecule has 1 aliphatic carbocycles. The molecule has 0 bridgehead atoms. The van der Waals surface area contributed by atoms with Crippen LogP contribution in [0.25, 0.3) is 0 Å². The van der Waals surface area contributed by atoms with Crippen LogP contribution in [-0.4, -0.2) is 48.1 Å². The monoisotopic (exact) mass is 284 g/mol. The molecule has 1 aliphatic heterocycles. The van der Waals surface area contributed by atoms with Crippen molar-refractivity contribution in [1.82, 2.24) is 10.2 Å². The minimum Gasteiger partial charge on any atom is -0.310 e. The molecule has 0 spiro atoms. The van der Waals surface area contributed by atoms with Crippen LogP contribution in [0.1, 0.15) is 52.4 Å². The molecule has 1 N–H and O–H groups in total. The molecule has 2 nitrogen and oxygen atoms in total. The van der Waals surface area contributed by atoms with Crippen molar-refractivity contribution in [1.29, 1.82) is 0 Å². The second kappa shape index (κ2) is 7.90. The third kappa shape index (κ3) is 4.37. The fourth-order valence-corrected chi connectivity index (χ4v) is 4.84. The second-order valence-corrected chi connectivity index (χ2v) is 7.55. The second-order valence-electron chi connectivity index (χ2n) is 6.47. The van der Waals surface area contributed by atoms with Crippen LogP contribution in [0.2, 0.25) is 0 Å².